The standard InChI is InChI=1S/3C26H35ClN4O2.C21H33BrO2.C5H3ClN4/c1-25(33)9-7-17-15(12-25)3-4-19-18(17)8-10-26(2)20(19)5-6-21(26)23(32)14-31-22-11-16(27)13-28-24(22)29-30-31;1-25(33)9-7-17-15(12-25)3-4-19-18(17)8-10-26(2)20(19)5-6-21(26)23(32)14-31-24-22(29-30-31)11-16(27)13-28-24;1-25(33)9-7-17-15(12-25)3-4-19-18(17)8-10-26(2)20(19)5-6-21(26)23(32)14-31-29-22-11-16(27)13-28-24(22)30-31;1-20(24)9-7-14-13(11-20)3-4-16-15(14)8-10-21(2)17(16)5-6-18(21)19(23)12-22;6-3-1-4-5(7-2-3)9-10-8-4/h3*11,13,15,17-21,33H,3-10,12,14H2,1-2H3;13-18,24H,3-12H2,1-2H3;1-2H,(H,7,8,9,10)/t3*15-,17+,18-,19-,20+,21-,25-,26+;13-,14+,15-,16-,17+,18-,20-,21+;/m1111./s1. The molecule has 16 aliphatic carbocycles. The number of aliphatic hydroxyl groups is 4. The van der Waals surface area contributed by atoms with Gasteiger partial charge >= 0.3 is 0 Å². The molecule has 24 rings (SSSR count). The predicted molar refractivity (Wildman–Crippen MR) is 516 cm³/mol. The fourth-order valence-electron chi connectivity index (χ4n) is 34.8. The summed E-state index contributed by atoms with van der Waals surface area (Å²) in [6, 6.07) is 6.98. The molecule has 8 aromatic heterocycles. The Morgan fingerprint density at radius 3 is 1.12 bits per heavy atom. The zero-order chi connectivity index (χ0) is 93.0. The Labute approximate surface area is 811 Å². The zero-order valence-electron chi connectivity index (χ0n) is 79.3. The van der Waals surface area contributed by atoms with Crippen LogP contribution in [0.3, 0.4) is 0 Å². The minimum atomic E-state index is -0.465. The minimum Gasteiger partial charge on any atom is -0.390 e. The highest BCUT2D eigenvalue weighted by Gasteiger charge is 2.64. The highest BCUT2D eigenvalue weighted by atomic mass is 79.9. The number of H-pyrrole nitrogens is 1. The highest BCUT2D eigenvalue weighted by molar-refractivity contribution is 9.09. The maximum atomic E-state index is 13.6. The molecule has 720 valence electrons. The van der Waals surface area contributed by atoms with E-state index in [4.69, 9.17) is 46.4 Å². The van der Waals surface area contributed by atoms with E-state index >= 15 is 0 Å². The Balaban J connectivity index is 0.000000107. The lowest BCUT2D eigenvalue weighted by molar-refractivity contribution is -0.133. The number of ketones is 4. The van der Waals surface area contributed by atoms with E-state index in [0.717, 1.165) is 185 Å². The molecular formula is C104H141BrCl4N16O8. The third kappa shape index (κ3) is 18.1. The summed E-state index contributed by atoms with van der Waals surface area (Å²) in [5.74, 6) is 17.0. The van der Waals surface area contributed by atoms with Gasteiger partial charge in [0.2, 0.25) is 16.9 Å². The van der Waals surface area contributed by atoms with Gasteiger partial charge in [-0.1, -0.05) is 100 Å². The van der Waals surface area contributed by atoms with Crippen molar-refractivity contribution in [2.45, 2.75) is 329 Å². The van der Waals surface area contributed by atoms with E-state index < -0.39 is 22.4 Å². The quantitative estimate of drug-likeness (QED) is 0.0751. The first-order valence-corrected chi connectivity index (χ1v) is 54.0. The van der Waals surface area contributed by atoms with Crippen molar-refractivity contribution in [3.05, 3.63) is 69.1 Å². The molecule has 0 aliphatic heterocycles. The molecule has 5 N–H and O–H groups in total. The fourth-order valence-corrected chi connectivity index (χ4v) is 35.8. The van der Waals surface area contributed by atoms with Crippen LogP contribution in [0.4, 0.5) is 0 Å². The number of nitrogens with one attached hydrogen (secondary N) is 1. The van der Waals surface area contributed by atoms with E-state index in [1.54, 1.807) is 52.2 Å². The zero-order valence-corrected chi connectivity index (χ0v) is 83.9. The van der Waals surface area contributed by atoms with Crippen LogP contribution in [0.1, 0.15) is 287 Å². The van der Waals surface area contributed by atoms with Crippen molar-refractivity contribution >= 4 is 130 Å². The predicted octanol–water partition coefficient (Wildman–Crippen LogP) is 21.2. The molecule has 24 nitrogen and oxygen atoms in total. The first-order valence-electron chi connectivity index (χ1n) is 51.4. The Kier molecular flexibility index (Phi) is 26.3. The number of aromatic amines is 1. The number of carbonyl (C=O) groups is 4. The number of fused-ring (bicyclic) bond motifs is 24. The highest BCUT2D eigenvalue weighted by Crippen LogP contribution is 2.70. The molecule has 0 aromatic carbocycles. The van der Waals surface area contributed by atoms with Crippen LogP contribution in [0.5, 0.6) is 0 Å². The van der Waals surface area contributed by atoms with Crippen LogP contribution in [0.2, 0.25) is 20.1 Å². The van der Waals surface area contributed by atoms with Gasteiger partial charge in [-0.15, -0.1) is 20.4 Å². The van der Waals surface area contributed by atoms with Crippen LogP contribution in [0.15, 0.2) is 49.1 Å². The van der Waals surface area contributed by atoms with Crippen LogP contribution in [0, 0.1) is 164 Å². The number of nitrogens with zero attached hydrogens (tertiary/aromatic N) is 15. The average Bonchev–Trinajstić information content (AvgIpc) is 1.61. The lowest BCUT2D eigenvalue weighted by atomic mass is 9.49. The second-order valence-electron chi connectivity index (χ2n) is 47.9. The van der Waals surface area contributed by atoms with Gasteiger partial charge in [-0.25, -0.2) is 29.3 Å². The minimum absolute atomic E-state index is 0.0948. The molecule has 0 spiro atoms. The van der Waals surface area contributed by atoms with E-state index in [-0.39, 0.29) is 76.4 Å². The summed E-state index contributed by atoms with van der Waals surface area (Å²) in [6.45, 7) is 18.5. The van der Waals surface area contributed by atoms with Crippen LogP contribution < -0.4 is 0 Å². The molecule has 0 saturated heterocycles. The summed E-state index contributed by atoms with van der Waals surface area (Å²) in [5, 5.41) is 80.6. The van der Waals surface area contributed by atoms with E-state index in [2.05, 4.69) is 110 Å². The number of aromatic nitrogens is 16. The first kappa shape index (κ1) is 94.9. The largest absolute Gasteiger partial charge is 0.390 e. The third-order valence-corrected chi connectivity index (χ3v) is 42.0. The molecule has 16 fully saturated rings. The van der Waals surface area contributed by atoms with Crippen molar-refractivity contribution in [2.24, 2.45) is 164 Å². The summed E-state index contributed by atoms with van der Waals surface area (Å²) in [6.07, 6.45) is 47.8. The van der Waals surface area contributed by atoms with Crippen LogP contribution in [-0.4, -0.2) is 152 Å². The molecule has 0 radical (unpaired) electrons. The summed E-state index contributed by atoms with van der Waals surface area (Å²) in [7, 11) is 0. The van der Waals surface area contributed by atoms with E-state index in [9.17, 15) is 39.6 Å². The van der Waals surface area contributed by atoms with Crippen molar-refractivity contribution in [1.29, 1.82) is 0 Å². The summed E-state index contributed by atoms with van der Waals surface area (Å²) in [4.78, 5) is 71.3. The second-order valence-corrected chi connectivity index (χ2v) is 50.2. The molecule has 8 heterocycles. The molecule has 133 heavy (non-hydrogen) atoms. The Morgan fingerprint density at radius 1 is 0.353 bits per heavy atom. The molecular weight excluding hydrogens is 1820 g/mol. The van der Waals surface area contributed by atoms with Gasteiger partial charge in [0.25, 0.3) is 0 Å². The molecule has 8 aromatic rings. The van der Waals surface area contributed by atoms with Crippen LogP contribution in [-0.2, 0) is 38.8 Å². The van der Waals surface area contributed by atoms with Gasteiger partial charge in [0.1, 0.15) is 47.5 Å². The van der Waals surface area contributed by atoms with Gasteiger partial charge in [-0.2, -0.15) is 20.2 Å². The molecule has 32 atom stereocenters. The molecule has 0 bridgehead atoms. The first-order chi connectivity index (χ1) is 63.4. The Morgan fingerprint density at radius 2 is 0.699 bits per heavy atom. The normalized spacial score (nSPS) is 42.2. The van der Waals surface area contributed by atoms with Gasteiger partial charge in [-0.05, 0) is 423 Å². The van der Waals surface area contributed by atoms with Crippen molar-refractivity contribution in [2.75, 3.05) is 5.33 Å². The number of alkyl halides is 1. The smallest absolute Gasteiger partial charge is 0.201 e. The van der Waals surface area contributed by atoms with Crippen LogP contribution in [0.25, 0.3) is 44.7 Å². The lowest BCUT2D eigenvalue weighted by Gasteiger charge is -2.56. The molecule has 0 unspecified atom stereocenters. The van der Waals surface area contributed by atoms with E-state index in [1.165, 1.54) is 146 Å². The number of rotatable bonds is 11. The monoisotopic (exact) mass is 1960 g/mol. The molecule has 0 amide bonds. The van der Waals surface area contributed by atoms with E-state index in [0.29, 0.717) is 112 Å². The second kappa shape index (κ2) is 36.8. The van der Waals surface area contributed by atoms with Gasteiger partial charge in [0.05, 0.1) is 47.8 Å². The Bertz CT molecular complexity index is 5630. The third-order valence-electron chi connectivity index (χ3n) is 40.6. The summed E-state index contributed by atoms with van der Waals surface area (Å²) in [5.41, 5.74) is 3.70. The van der Waals surface area contributed by atoms with Crippen LogP contribution >= 0.6 is 62.3 Å². The van der Waals surface area contributed by atoms with Crippen molar-refractivity contribution < 1.29 is 39.6 Å². The lowest BCUT2D eigenvalue weighted by Crippen LogP contribution is -2.51. The number of hydrogen-bond donors (Lipinski definition) is 5. The number of halogens is 5. The van der Waals surface area contributed by atoms with Gasteiger partial charge < -0.3 is 20.4 Å². The summed E-state index contributed by atoms with van der Waals surface area (Å²) >= 11 is 27.2. The number of carbonyl (C=O) groups excluding carboxylic acids is 4. The topological polar surface area (TPSA) is 334 Å². The maximum absolute atomic E-state index is 13.6. The van der Waals surface area contributed by atoms with Gasteiger partial charge in [0.15, 0.2) is 23.0 Å². The number of pyridine rings is 4. The molecule has 29 heteroatoms. The maximum Gasteiger partial charge on any atom is 0.201 e. The van der Waals surface area contributed by atoms with Crippen molar-refractivity contribution in [3.63, 3.8) is 0 Å². The average molecular weight is 1970 g/mol. The number of hydrogen-bond acceptors (Lipinski definition) is 20. The van der Waals surface area contributed by atoms with E-state index in [1.807, 2.05) is 27.7 Å². The SMILES string of the molecule is C[C@@]1(O)CC[C@H]2[C@H](CC[C@@H]3[C@@H]2CC[C@]2(C)[C@@H](C(=O)CBr)CC[C@@H]32)C1.C[C@@]1(O)CC[C@H]2[C@H](CC[C@@H]3[C@@H]2CC[C@]2(C)[C@@H](C(=O)Cn4nc5cc(Cl)cnc5n4)CC[C@@H]32)C1.C[C@@]1(O)CC[C@H]2[C@H](CC[C@@H]3[C@@H]2CC[C@]2(C)[C@@H](C(=O)Cn4nnc5cc(Cl)cnc54)CC[C@@H]32)C1.C[C@@]1(O)CC[C@H]2[C@H](CC[C@@H]3[C@@H]2CC[C@]2(C)[C@@H](C(=O)Cn4nnc5ncc(Cl)cc54)CC[C@@H]32)C1.Clc1cnc2n[nH]nc2c1. The Hall–Kier alpha value is -5.64. The number of Topliss-reactive ketones (excluding diaryl/α,β-unsaturated/α-hetero) is 4. The fraction of sp³-hybridized carbons (Fsp3) is 0.769. The van der Waals surface area contributed by atoms with Gasteiger partial charge in [-0.3, -0.25) is 19.2 Å². The molecule has 16 saturated carbocycles. The van der Waals surface area contributed by atoms with Crippen molar-refractivity contribution in [3.8, 4) is 0 Å². The van der Waals surface area contributed by atoms with Gasteiger partial charge in [0, 0.05) is 48.5 Å². The summed E-state index contributed by atoms with van der Waals surface area (Å²) < 4.78 is 3.33. The molecule has 16 aliphatic rings. The van der Waals surface area contributed by atoms with Crippen molar-refractivity contribution in [1.82, 2.24) is 80.3 Å².